The van der Waals surface area contributed by atoms with E-state index >= 15 is 0 Å². The molecule has 1 aliphatic heterocycles. The molecule has 1 saturated heterocycles. The van der Waals surface area contributed by atoms with Crippen LogP contribution < -0.4 is 11.3 Å². The Morgan fingerprint density at radius 2 is 2.27 bits per heavy atom. The van der Waals surface area contributed by atoms with Crippen LogP contribution in [0.4, 0.5) is 5.95 Å². The molecule has 0 aromatic carbocycles. The molecule has 0 aliphatic carbocycles. The normalized spacial score (nSPS) is 25.9. The molecular formula is C10H14N5O6P. The Morgan fingerprint density at radius 1 is 1.55 bits per heavy atom. The van der Waals surface area contributed by atoms with Gasteiger partial charge in [0.25, 0.3) is 5.56 Å². The van der Waals surface area contributed by atoms with Crippen LogP contribution in [0.2, 0.25) is 0 Å². The summed E-state index contributed by atoms with van der Waals surface area (Å²) in [7, 11) is -4.44. The maximum atomic E-state index is 11.7. The molecule has 0 radical (unpaired) electrons. The van der Waals surface area contributed by atoms with Crippen molar-refractivity contribution in [2.45, 2.75) is 31.0 Å². The number of aliphatic hydroxyl groups is 1. The Labute approximate surface area is 122 Å². The molecule has 3 atom stereocenters. The van der Waals surface area contributed by atoms with Gasteiger partial charge in [-0.2, -0.15) is 4.98 Å². The molecule has 0 amide bonds. The van der Waals surface area contributed by atoms with Crippen molar-refractivity contribution in [3.63, 3.8) is 0 Å². The van der Waals surface area contributed by atoms with Crippen molar-refractivity contribution in [3.8, 4) is 0 Å². The molecule has 120 valence electrons. The second-order valence-electron chi connectivity index (χ2n) is 5.04. The summed E-state index contributed by atoms with van der Waals surface area (Å²) >= 11 is 0. The smallest absolute Gasteiger partial charge is 0.354 e. The Morgan fingerprint density at radius 3 is 2.91 bits per heavy atom. The summed E-state index contributed by atoms with van der Waals surface area (Å²) < 4.78 is 17.8. The number of nitrogens with one attached hydrogen (secondary N) is 1. The van der Waals surface area contributed by atoms with E-state index < -0.39 is 31.2 Å². The number of aromatic amines is 1. The number of aromatic nitrogens is 4. The van der Waals surface area contributed by atoms with E-state index in [-0.39, 0.29) is 30.1 Å². The van der Waals surface area contributed by atoms with E-state index in [9.17, 15) is 14.5 Å². The molecule has 2 aromatic rings. The lowest BCUT2D eigenvalue weighted by molar-refractivity contribution is 0.0163. The van der Waals surface area contributed by atoms with Crippen LogP contribution >= 0.6 is 7.60 Å². The number of nitrogens with zero attached hydrogens (tertiary/aromatic N) is 3. The number of aliphatic hydroxyl groups excluding tert-OH is 1. The van der Waals surface area contributed by atoms with E-state index in [4.69, 9.17) is 20.3 Å². The molecule has 2 aromatic heterocycles. The molecule has 11 nitrogen and oxygen atoms in total. The van der Waals surface area contributed by atoms with Crippen LogP contribution in [-0.2, 0) is 15.8 Å². The monoisotopic (exact) mass is 331 g/mol. The van der Waals surface area contributed by atoms with Crippen LogP contribution in [0.3, 0.4) is 0 Å². The van der Waals surface area contributed by atoms with Gasteiger partial charge in [0.15, 0.2) is 17.0 Å². The molecule has 0 unspecified atom stereocenters. The Bertz CT molecular complexity index is 812. The Balaban J connectivity index is 1.88. The first kappa shape index (κ1) is 15.1. The van der Waals surface area contributed by atoms with Crippen LogP contribution in [0.1, 0.15) is 6.42 Å². The van der Waals surface area contributed by atoms with Crippen molar-refractivity contribution < 1.29 is 24.2 Å². The molecule has 22 heavy (non-hydrogen) atoms. The second kappa shape index (κ2) is 5.14. The van der Waals surface area contributed by atoms with Gasteiger partial charge in [0, 0.05) is 6.42 Å². The van der Waals surface area contributed by atoms with E-state index in [0.29, 0.717) is 0 Å². The minimum absolute atomic E-state index is 0.0318. The van der Waals surface area contributed by atoms with E-state index in [1.807, 2.05) is 0 Å². The van der Waals surface area contributed by atoms with Crippen molar-refractivity contribution in [1.29, 1.82) is 0 Å². The molecule has 1 aliphatic rings. The highest BCUT2D eigenvalue weighted by atomic mass is 31.2. The first-order valence-corrected chi connectivity index (χ1v) is 8.03. The average molecular weight is 331 g/mol. The summed E-state index contributed by atoms with van der Waals surface area (Å²) in [6, 6.07) is 0. The minimum Gasteiger partial charge on any atom is -0.390 e. The number of ether oxygens (including phenoxy) is 1. The Kier molecular flexibility index (Phi) is 3.54. The minimum atomic E-state index is -4.44. The number of nitrogens with two attached hydrogens (primary N) is 1. The molecule has 0 saturated carbocycles. The second-order valence-corrected chi connectivity index (χ2v) is 6.80. The van der Waals surface area contributed by atoms with Crippen molar-refractivity contribution in [3.05, 3.63) is 16.7 Å². The zero-order chi connectivity index (χ0) is 16.1. The zero-order valence-electron chi connectivity index (χ0n) is 11.2. The number of anilines is 1. The van der Waals surface area contributed by atoms with Gasteiger partial charge in [-0.3, -0.25) is 14.3 Å². The van der Waals surface area contributed by atoms with E-state index in [1.165, 1.54) is 10.9 Å². The number of nitrogen functional groups attached to an aromatic ring is 1. The van der Waals surface area contributed by atoms with Crippen molar-refractivity contribution in [1.82, 2.24) is 19.5 Å². The van der Waals surface area contributed by atoms with Gasteiger partial charge in [-0.15, -0.1) is 0 Å². The third-order valence-corrected chi connectivity index (χ3v) is 4.53. The van der Waals surface area contributed by atoms with Crippen LogP contribution in [-0.4, -0.2) is 52.5 Å². The number of rotatable bonds is 3. The number of fused-ring (bicyclic) bond motifs is 1. The molecule has 12 heteroatoms. The molecule has 3 rings (SSSR count). The van der Waals surface area contributed by atoms with E-state index in [0.717, 1.165) is 0 Å². The maximum absolute atomic E-state index is 11.7. The van der Waals surface area contributed by atoms with Gasteiger partial charge >= 0.3 is 7.60 Å². The van der Waals surface area contributed by atoms with E-state index in [2.05, 4.69) is 15.0 Å². The highest BCUT2D eigenvalue weighted by Crippen LogP contribution is 2.48. The van der Waals surface area contributed by atoms with Gasteiger partial charge in [0.05, 0.1) is 19.0 Å². The van der Waals surface area contributed by atoms with Gasteiger partial charge in [-0.25, -0.2) is 4.98 Å². The lowest BCUT2D eigenvalue weighted by Crippen LogP contribution is -2.26. The molecule has 6 N–H and O–H groups in total. The SMILES string of the molecule is Nc1nc2c(ncn2C[C@H]2O[C@H](P(=O)(O)O)C[C@H]2O)c(=O)[nH]1. The molecular weight excluding hydrogens is 317 g/mol. The number of hydrogen-bond acceptors (Lipinski definition) is 7. The standard InChI is InChI=1S/C10H14N5O6P/c11-10-13-8-7(9(17)14-10)12-3-15(8)2-5-4(16)1-6(21-5)22(18,19)20/h3-6,16H,1-2H2,(H2,18,19,20)(H3,11,13,14,17)/t4-,5-,6-/m1/s1. The van der Waals surface area contributed by atoms with Gasteiger partial charge in [-0.05, 0) is 0 Å². The summed E-state index contributed by atoms with van der Waals surface area (Å²) in [5.41, 5.74) is 5.26. The fourth-order valence-electron chi connectivity index (χ4n) is 2.39. The maximum Gasteiger partial charge on any atom is 0.354 e. The fourth-order valence-corrected chi connectivity index (χ4v) is 3.19. The first-order valence-electron chi connectivity index (χ1n) is 6.35. The topological polar surface area (TPSA) is 177 Å². The summed E-state index contributed by atoms with van der Waals surface area (Å²) in [6.45, 7) is 0.0318. The van der Waals surface area contributed by atoms with Crippen LogP contribution in [0.25, 0.3) is 11.2 Å². The molecule has 0 spiro atoms. The third kappa shape index (κ3) is 2.64. The number of hydrogen-bond donors (Lipinski definition) is 5. The average Bonchev–Trinajstić information content (AvgIpc) is 2.95. The molecule has 0 bridgehead atoms. The lowest BCUT2D eigenvalue weighted by Gasteiger charge is -2.16. The Hall–Kier alpha value is -1.78. The number of H-pyrrole nitrogens is 1. The fraction of sp³-hybridized carbons (Fsp3) is 0.500. The predicted molar refractivity (Wildman–Crippen MR) is 73.9 cm³/mol. The number of imidazole rings is 1. The van der Waals surface area contributed by atoms with Crippen LogP contribution in [0, 0.1) is 0 Å². The van der Waals surface area contributed by atoms with Crippen molar-refractivity contribution in [2.75, 3.05) is 5.73 Å². The van der Waals surface area contributed by atoms with Gasteiger partial charge in [0.1, 0.15) is 6.10 Å². The molecule has 1 fully saturated rings. The first-order chi connectivity index (χ1) is 10.3. The zero-order valence-corrected chi connectivity index (χ0v) is 12.1. The van der Waals surface area contributed by atoms with E-state index in [1.54, 1.807) is 0 Å². The third-order valence-electron chi connectivity index (χ3n) is 3.45. The van der Waals surface area contributed by atoms with Crippen LogP contribution in [0.5, 0.6) is 0 Å². The summed E-state index contributed by atoms with van der Waals surface area (Å²) in [6.07, 6.45) is -0.739. The molecule has 3 heterocycles. The van der Waals surface area contributed by atoms with Crippen molar-refractivity contribution in [2.24, 2.45) is 0 Å². The van der Waals surface area contributed by atoms with Crippen LogP contribution in [0.15, 0.2) is 11.1 Å². The largest absolute Gasteiger partial charge is 0.390 e. The lowest BCUT2D eigenvalue weighted by atomic mass is 10.2. The van der Waals surface area contributed by atoms with Crippen molar-refractivity contribution >= 4 is 24.7 Å². The summed E-state index contributed by atoms with van der Waals surface area (Å²) in [5, 5.41) is 9.89. The quantitative estimate of drug-likeness (QED) is 0.412. The highest BCUT2D eigenvalue weighted by Gasteiger charge is 2.43. The summed E-state index contributed by atoms with van der Waals surface area (Å²) in [5.74, 6) is -1.43. The predicted octanol–water partition coefficient (Wildman–Crippen LogP) is -1.64. The van der Waals surface area contributed by atoms with Gasteiger partial charge < -0.3 is 29.9 Å². The highest BCUT2D eigenvalue weighted by molar-refractivity contribution is 7.52. The summed E-state index contributed by atoms with van der Waals surface area (Å²) in [4.78, 5) is 40.0. The van der Waals surface area contributed by atoms with Gasteiger partial charge in [0.2, 0.25) is 5.95 Å². The van der Waals surface area contributed by atoms with Gasteiger partial charge in [-0.1, -0.05) is 0 Å².